The van der Waals surface area contributed by atoms with Crippen LogP contribution in [-0.2, 0) is 4.74 Å². The molecule has 0 aliphatic heterocycles. The van der Waals surface area contributed by atoms with Crippen molar-refractivity contribution in [2.75, 3.05) is 26.8 Å². The van der Waals surface area contributed by atoms with E-state index in [1.165, 1.54) is 17.5 Å². The highest BCUT2D eigenvalue weighted by Crippen LogP contribution is 2.27. The Kier molecular flexibility index (Phi) is 7.76. The van der Waals surface area contributed by atoms with Crippen molar-refractivity contribution in [1.82, 2.24) is 5.32 Å². The number of aryl methyl sites for hydroxylation is 1. The molecule has 0 bridgehead atoms. The van der Waals surface area contributed by atoms with Crippen LogP contribution >= 0.6 is 0 Å². The van der Waals surface area contributed by atoms with Gasteiger partial charge in [0.15, 0.2) is 0 Å². The Morgan fingerprint density at radius 3 is 2.74 bits per heavy atom. The average molecular weight is 263 g/mol. The number of ether oxygens (including phenoxy) is 1. The van der Waals surface area contributed by atoms with Crippen LogP contribution in [-0.4, -0.2) is 26.8 Å². The van der Waals surface area contributed by atoms with Gasteiger partial charge < -0.3 is 10.1 Å². The number of methoxy groups -OCH3 is 1. The zero-order valence-electron chi connectivity index (χ0n) is 12.9. The minimum Gasteiger partial charge on any atom is -0.385 e. The summed E-state index contributed by atoms with van der Waals surface area (Å²) >= 11 is 0. The van der Waals surface area contributed by atoms with Gasteiger partial charge in [0.1, 0.15) is 0 Å². The van der Waals surface area contributed by atoms with E-state index in [-0.39, 0.29) is 0 Å². The van der Waals surface area contributed by atoms with E-state index in [9.17, 15) is 0 Å². The highest BCUT2D eigenvalue weighted by molar-refractivity contribution is 5.26. The molecule has 108 valence electrons. The van der Waals surface area contributed by atoms with Crippen LogP contribution < -0.4 is 5.32 Å². The minimum atomic E-state index is 0.571. The molecular formula is C17H29NO. The number of hydrogen-bond acceptors (Lipinski definition) is 2. The lowest BCUT2D eigenvalue weighted by Crippen LogP contribution is -2.27. The lowest BCUT2D eigenvalue weighted by atomic mass is 9.84. The Morgan fingerprint density at radius 1 is 1.32 bits per heavy atom. The molecule has 0 radical (unpaired) electrons. The first-order valence-electron chi connectivity index (χ1n) is 7.45. The highest BCUT2D eigenvalue weighted by atomic mass is 16.5. The summed E-state index contributed by atoms with van der Waals surface area (Å²) in [5.41, 5.74) is 2.80. The van der Waals surface area contributed by atoms with Gasteiger partial charge in [0.05, 0.1) is 0 Å². The Morgan fingerprint density at radius 2 is 2.11 bits per heavy atom. The molecule has 2 unspecified atom stereocenters. The van der Waals surface area contributed by atoms with Crippen LogP contribution in [0.25, 0.3) is 0 Å². The predicted octanol–water partition coefficient (Wildman–Crippen LogP) is 3.75. The maximum atomic E-state index is 5.23. The molecule has 2 heteroatoms. The highest BCUT2D eigenvalue weighted by Gasteiger charge is 2.18. The summed E-state index contributed by atoms with van der Waals surface area (Å²) in [6.45, 7) is 9.71. The van der Waals surface area contributed by atoms with Crippen molar-refractivity contribution < 1.29 is 4.74 Å². The number of hydrogen-bond donors (Lipinski definition) is 1. The molecule has 1 rings (SSSR count). The molecule has 1 aromatic rings. The summed E-state index contributed by atoms with van der Waals surface area (Å²) in [6, 6.07) is 8.91. The molecule has 0 aliphatic rings. The molecular weight excluding hydrogens is 234 g/mol. The third-order valence-corrected chi connectivity index (χ3v) is 3.73. The van der Waals surface area contributed by atoms with Crippen LogP contribution in [0.5, 0.6) is 0 Å². The molecule has 19 heavy (non-hydrogen) atoms. The van der Waals surface area contributed by atoms with Crippen molar-refractivity contribution in [3.8, 4) is 0 Å². The average Bonchev–Trinajstić information content (AvgIpc) is 2.41. The number of nitrogens with one attached hydrogen (secondary N) is 1. The Bertz CT molecular complexity index is 351. The van der Waals surface area contributed by atoms with Crippen LogP contribution in [0.1, 0.15) is 43.7 Å². The summed E-state index contributed by atoms with van der Waals surface area (Å²) in [5.74, 6) is 1.20. The predicted molar refractivity (Wildman–Crippen MR) is 82.7 cm³/mol. The van der Waals surface area contributed by atoms with Gasteiger partial charge in [-0.2, -0.15) is 0 Å². The second-order valence-corrected chi connectivity index (χ2v) is 5.48. The first-order chi connectivity index (χ1) is 9.19. The molecule has 0 fully saturated rings. The molecule has 0 aromatic heterocycles. The Balaban J connectivity index is 2.72. The van der Waals surface area contributed by atoms with E-state index in [1.54, 1.807) is 7.11 Å². The lowest BCUT2D eigenvalue weighted by molar-refractivity contribution is 0.174. The minimum absolute atomic E-state index is 0.571. The molecule has 0 amide bonds. The Labute approximate surface area is 118 Å². The maximum Gasteiger partial charge on any atom is 0.0465 e. The van der Waals surface area contributed by atoms with Gasteiger partial charge in [-0.3, -0.25) is 0 Å². The molecule has 0 spiro atoms. The van der Waals surface area contributed by atoms with Gasteiger partial charge in [-0.05, 0) is 43.7 Å². The van der Waals surface area contributed by atoms with E-state index in [0.29, 0.717) is 11.8 Å². The summed E-state index contributed by atoms with van der Waals surface area (Å²) in [6.07, 6.45) is 2.30. The van der Waals surface area contributed by atoms with Gasteiger partial charge in [-0.1, -0.05) is 43.7 Å². The lowest BCUT2D eigenvalue weighted by Gasteiger charge is -2.25. The smallest absolute Gasteiger partial charge is 0.0465 e. The fourth-order valence-electron chi connectivity index (χ4n) is 2.49. The second kappa shape index (κ2) is 9.11. The van der Waals surface area contributed by atoms with Crippen molar-refractivity contribution in [2.24, 2.45) is 5.92 Å². The van der Waals surface area contributed by atoms with Crippen LogP contribution in [0.15, 0.2) is 24.3 Å². The molecule has 0 saturated heterocycles. The van der Waals surface area contributed by atoms with Gasteiger partial charge in [0.2, 0.25) is 0 Å². The van der Waals surface area contributed by atoms with Crippen LogP contribution in [0, 0.1) is 12.8 Å². The summed E-state index contributed by atoms with van der Waals surface area (Å²) in [4.78, 5) is 0. The third kappa shape index (κ3) is 5.75. The monoisotopic (exact) mass is 263 g/mol. The SMILES string of the molecule is CCCNCC(c1cccc(C)c1)C(C)CCOC. The molecule has 0 aliphatic carbocycles. The van der Waals surface area contributed by atoms with Crippen molar-refractivity contribution in [1.29, 1.82) is 0 Å². The molecule has 0 saturated carbocycles. The summed E-state index contributed by atoms with van der Waals surface area (Å²) in [5, 5.41) is 3.57. The van der Waals surface area contributed by atoms with Crippen LogP contribution in [0.3, 0.4) is 0 Å². The second-order valence-electron chi connectivity index (χ2n) is 5.48. The first kappa shape index (κ1) is 16.2. The van der Waals surface area contributed by atoms with Crippen LogP contribution in [0.4, 0.5) is 0 Å². The zero-order chi connectivity index (χ0) is 14.1. The van der Waals surface area contributed by atoms with Crippen molar-refractivity contribution in [2.45, 2.75) is 39.5 Å². The van der Waals surface area contributed by atoms with Gasteiger partial charge in [0.25, 0.3) is 0 Å². The third-order valence-electron chi connectivity index (χ3n) is 3.73. The van der Waals surface area contributed by atoms with Gasteiger partial charge in [0, 0.05) is 20.3 Å². The van der Waals surface area contributed by atoms with E-state index in [1.807, 2.05) is 0 Å². The Hall–Kier alpha value is -0.860. The largest absolute Gasteiger partial charge is 0.385 e. The van der Waals surface area contributed by atoms with Crippen molar-refractivity contribution >= 4 is 0 Å². The fourth-order valence-corrected chi connectivity index (χ4v) is 2.49. The van der Waals surface area contributed by atoms with E-state index in [2.05, 4.69) is 50.4 Å². The molecule has 0 heterocycles. The fraction of sp³-hybridized carbons (Fsp3) is 0.647. The van der Waals surface area contributed by atoms with E-state index < -0.39 is 0 Å². The first-order valence-corrected chi connectivity index (χ1v) is 7.45. The van der Waals surface area contributed by atoms with Gasteiger partial charge in [-0.15, -0.1) is 0 Å². The van der Waals surface area contributed by atoms with Crippen LogP contribution in [0.2, 0.25) is 0 Å². The van der Waals surface area contributed by atoms with E-state index in [4.69, 9.17) is 4.74 Å². The molecule has 1 N–H and O–H groups in total. The zero-order valence-corrected chi connectivity index (χ0v) is 12.9. The van der Waals surface area contributed by atoms with Gasteiger partial charge in [-0.25, -0.2) is 0 Å². The molecule has 2 nitrogen and oxygen atoms in total. The van der Waals surface area contributed by atoms with Crippen molar-refractivity contribution in [3.05, 3.63) is 35.4 Å². The quantitative estimate of drug-likeness (QED) is 0.685. The molecule has 2 atom stereocenters. The number of rotatable bonds is 9. The van der Waals surface area contributed by atoms with E-state index >= 15 is 0 Å². The molecule has 1 aromatic carbocycles. The topological polar surface area (TPSA) is 21.3 Å². The summed E-state index contributed by atoms with van der Waals surface area (Å²) in [7, 11) is 1.78. The number of benzene rings is 1. The normalized spacial score (nSPS) is 14.3. The van der Waals surface area contributed by atoms with Gasteiger partial charge >= 0.3 is 0 Å². The standard InChI is InChI=1S/C17H29NO/c1-5-10-18-13-17(15(3)9-11-19-4)16-8-6-7-14(2)12-16/h6-8,12,15,17-18H,5,9-11,13H2,1-4H3. The van der Waals surface area contributed by atoms with E-state index in [0.717, 1.165) is 26.1 Å². The van der Waals surface area contributed by atoms with Crippen molar-refractivity contribution in [3.63, 3.8) is 0 Å². The maximum absolute atomic E-state index is 5.23. The summed E-state index contributed by atoms with van der Waals surface area (Å²) < 4.78 is 5.23.